The predicted octanol–water partition coefficient (Wildman–Crippen LogP) is 4.95. The van der Waals surface area contributed by atoms with Crippen molar-refractivity contribution in [1.29, 1.82) is 0 Å². The lowest BCUT2D eigenvalue weighted by Crippen LogP contribution is -2.34. The van der Waals surface area contributed by atoms with Gasteiger partial charge in [0.1, 0.15) is 33.1 Å². The number of aliphatic hydroxyl groups is 1. The van der Waals surface area contributed by atoms with Gasteiger partial charge in [-0.3, -0.25) is 10.1 Å². The number of halogens is 2. The molecule has 2 heterocycles. The summed E-state index contributed by atoms with van der Waals surface area (Å²) in [6.45, 7) is 1.87. The van der Waals surface area contributed by atoms with Gasteiger partial charge in [-0.1, -0.05) is 24.3 Å². The van der Waals surface area contributed by atoms with Crippen LogP contribution >= 0.6 is 22.7 Å². The Bertz CT molecular complexity index is 1510. The van der Waals surface area contributed by atoms with Crippen molar-refractivity contribution in [2.45, 2.75) is 19.4 Å². The van der Waals surface area contributed by atoms with Gasteiger partial charge in [-0.25, -0.2) is 23.5 Å². The number of methoxy groups -OCH3 is 1. The fourth-order valence-electron chi connectivity index (χ4n) is 3.34. The van der Waals surface area contributed by atoms with Crippen LogP contribution in [0.25, 0.3) is 21.1 Å². The van der Waals surface area contributed by atoms with Crippen molar-refractivity contribution in [3.63, 3.8) is 0 Å². The topological polar surface area (TPSA) is 151 Å². The number of carbonyl (C=O) groups excluding carboxylic acids is 2. The summed E-state index contributed by atoms with van der Waals surface area (Å²) < 4.78 is 34.4. The van der Waals surface area contributed by atoms with Crippen LogP contribution < -0.4 is 26.4 Å². The molecule has 14 heteroatoms. The van der Waals surface area contributed by atoms with Gasteiger partial charge in [-0.2, -0.15) is 0 Å². The molecule has 0 saturated heterocycles. The monoisotopic (exact) mass is 574 g/mol. The Morgan fingerprint density at radius 1 is 1.15 bits per heavy atom. The fraction of sp³-hybridized carbons (Fsp3) is 0.200. The Balaban J connectivity index is 1.53. The molecule has 0 radical (unpaired) electrons. The second kappa shape index (κ2) is 12.1. The van der Waals surface area contributed by atoms with E-state index in [0.717, 1.165) is 22.7 Å². The summed E-state index contributed by atoms with van der Waals surface area (Å²) in [4.78, 5) is 33.7. The number of urea groups is 1. The van der Waals surface area contributed by atoms with Crippen molar-refractivity contribution in [3.05, 3.63) is 59.0 Å². The van der Waals surface area contributed by atoms with Crippen LogP contribution in [0.5, 0.6) is 5.75 Å². The largest absolute Gasteiger partial charge is 0.497 e. The van der Waals surface area contributed by atoms with Crippen molar-refractivity contribution >= 4 is 51.2 Å². The van der Waals surface area contributed by atoms with Gasteiger partial charge >= 0.3 is 6.03 Å². The van der Waals surface area contributed by atoms with Crippen molar-refractivity contribution in [1.82, 2.24) is 15.3 Å². The molecular formula is C25H24F2N6O4S2. The van der Waals surface area contributed by atoms with Gasteiger partial charge < -0.3 is 26.2 Å². The van der Waals surface area contributed by atoms with Crippen molar-refractivity contribution in [2.24, 2.45) is 0 Å². The average Bonchev–Trinajstić information content (AvgIpc) is 3.55. The van der Waals surface area contributed by atoms with Crippen LogP contribution in [0.3, 0.4) is 0 Å². The zero-order chi connectivity index (χ0) is 28.1. The number of nitrogen functional groups attached to an aromatic ring is 1. The number of amides is 3. The molecule has 39 heavy (non-hydrogen) atoms. The van der Waals surface area contributed by atoms with E-state index in [0.29, 0.717) is 28.1 Å². The summed E-state index contributed by atoms with van der Waals surface area (Å²) in [6.07, 6.45) is -0.171. The van der Waals surface area contributed by atoms with E-state index in [4.69, 9.17) is 10.5 Å². The number of benzene rings is 2. The number of anilines is 3. The van der Waals surface area contributed by atoms with Crippen LogP contribution in [0.1, 0.15) is 23.7 Å². The van der Waals surface area contributed by atoms with Crippen LogP contribution in [0.15, 0.2) is 41.8 Å². The molecule has 3 amide bonds. The number of rotatable bonds is 9. The number of hydrogen-bond donors (Lipinski definition) is 5. The molecule has 4 aromatic rings. The highest BCUT2D eigenvalue weighted by Gasteiger charge is 2.20. The van der Waals surface area contributed by atoms with E-state index >= 15 is 0 Å². The molecule has 0 spiro atoms. The first-order chi connectivity index (χ1) is 18.7. The van der Waals surface area contributed by atoms with Gasteiger partial charge in [0, 0.05) is 29.1 Å². The zero-order valence-corrected chi connectivity index (χ0v) is 22.4. The van der Waals surface area contributed by atoms with E-state index in [1.165, 1.54) is 25.3 Å². The normalized spacial score (nSPS) is 11.6. The number of thiazole rings is 2. The zero-order valence-electron chi connectivity index (χ0n) is 20.7. The van der Waals surface area contributed by atoms with Gasteiger partial charge in [0.15, 0.2) is 5.13 Å². The predicted molar refractivity (Wildman–Crippen MR) is 147 cm³/mol. The first-order valence-electron chi connectivity index (χ1n) is 11.6. The Morgan fingerprint density at radius 3 is 2.69 bits per heavy atom. The highest BCUT2D eigenvalue weighted by atomic mass is 32.1. The number of ether oxygens (including phenoxy) is 1. The first-order valence-corrected chi connectivity index (χ1v) is 13.3. The van der Waals surface area contributed by atoms with Gasteiger partial charge in [0.05, 0.1) is 24.6 Å². The van der Waals surface area contributed by atoms with Crippen LogP contribution in [-0.4, -0.2) is 46.8 Å². The summed E-state index contributed by atoms with van der Waals surface area (Å²) in [7, 11) is 1.46. The summed E-state index contributed by atoms with van der Waals surface area (Å²) in [5, 5.41) is 19.3. The number of carbonyl (C=O) groups is 2. The third-order valence-electron chi connectivity index (χ3n) is 5.45. The van der Waals surface area contributed by atoms with Crippen molar-refractivity contribution in [2.75, 3.05) is 30.0 Å². The summed E-state index contributed by atoms with van der Waals surface area (Å²) >= 11 is 2.22. The maximum atomic E-state index is 14.8. The van der Waals surface area contributed by atoms with E-state index < -0.39 is 29.7 Å². The minimum Gasteiger partial charge on any atom is -0.497 e. The molecule has 1 unspecified atom stereocenters. The molecule has 0 aliphatic rings. The number of nitrogens with two attached hydrogens (primary N) is 1. The van der Waals surface area contributed by atoms with Gasteiger partial charge in [-0.15, -0.1) is 11.3 Å². The second-order valence-electron chi connectivity index (χ2n) is 8.17. The molecule has 1 atom stereocenters. The molecular weight excluding hydrogens is 550 g/mol. The third kappa shape index (κ3) is 6.66. The van der Waals surface area contributed by atoms with E-state index in [9.17, 15) is 23.5 Å². The van der Waals surface area contributed by atoms with E-state index in [-0.39, 0.29) is 40.0 Å². The molecule has 2 aromatic carbocycles. The fourth-order valence-corrected chi connectivity index (χ4v) is 5.14. The Kier molecular flexibility index (Phi) is 8.69. The van der Waals surface area contributed by atoms with Crippen LogP contribution in [0.2, 0.25) is 0 Å². The molecule has 0 aliphatic heterocycles. The van der Waals surface area contributed by atoms with Crippen LogP contribution in [0.4, 0.5) is 30.2 Å². The molecule has 10 nitrogen and oxygen atoms in total. The number of hydrogen-bond acceptors (Lipinski definition) is 9. The molecule has 0 fully saturated rings. The smallest absolute Gasteiger partial charge is 0.321 e. The van der Waals surface area contributed by atoms with Crippen molar-refractivity contribution in [3.8, 4) is 26.9 Å². The average molecular weight is 575 g/mol. The number of aliphatic hydroxyl groups excluding tert-OH is 1. The minimum absolute atomic E-state index is 0.0323. The quantitative estimate of drug-likeness (QED) is 0.190. The van der Waals surface area contributed by atoms with E-state index in [2.05, 4.69) is 25.9 Å². The van der Waals surface area contributed by atoms with E-state index in [1.807, 2.05) is 0 Å². The molecule has 204 valence electrons. The lowest BCUT2D eigenvalue weighted by atomic mass is 10.1. The van der Waals surface area contributed by atoms with Crippen molar-refractivity contribution < 1.29 is 28.2 Å². The summed E-state index contributed by atoms with van der Waals surface area (Å²) in [6, 6.07) is 7.59. The Morgan fingerprint density at radius 2 is 1.95 bits per heavy atom. The Labute approximate surface area is 229 Å². The minimum atomic E-state index is -0.949. The van der Waals surface area contributed by atoms with Crippen LogP contribution in [-0.2, 0) is 0 Å². The SMILES string of the molecule is CCC(O)CNC(=O)Nc1nc(N)c(-c2nc(-c3cc(NC(=O)c4cccc(OC)c4)c(F)cc3F)cs2)s1. The van der Waals surface area contributed by atoms with Gasteiger partial charge in [0.25, 0.3) is 5.91 Å². The third-order valence-corrected chi connectivity index (χ3v) is 7.44. The lowest BCUT2D eigenvalue weighted by molar-refractivity contribution is 0.102. The number of nitrogens with one attached hydrogen (secondary N) is 3. The summed E-state index contributed by atoms with van der Waals surface area (Å²) in [5.41, 5.74) is 6.19. The molecule has 2 aromatic heterocycles. The number of nitrogens with zero attached hydrogens (tertiary/aromatic N) is 2. The highest BCUT2D eigenvalue weighted by molar-refractivity contribution is 7.23. The second-order valence-corrected chi connectivity index (χ2v) is 10.0. The van der Waals surface area contributed by atoms with Gasteiger partial charge in [-0.05, 0) is 30.7 Å². The molecule has 0 aliphatic carbocycles. The summed E-state index contributed by atoms with van der Waals surface area (Å²) in [5.74, 6) is -1.86. The molecule has 0 bridgehead atoms. The molecule has 4 rings (SSSR count). The maximum Gasteiger partial charge on any atom is 0.321 e. The van der Waals surface area contributed by atoms with Gasteiger partial charge in [0.2, 0.25) is 0 Å². The first kappa shape index (κ1) is 27.9. The highest BCUT2D eigenvalue weighted by Crippen LogP contribution is 2.39. The van der Waals surface area contributed by atoms with E-state index in [1.54, 1.807) is 24.4 Å². The maximum absolute atomic E-state index is 14.8. The lowest BCUT2D eigenvalue weighted by Gasteiger charge is -2.10. The molecule has 0 saturated carbocycles. The standard InChI is InChI=1S/C25H24F2N6O4S2/c1-3-13(34)10-29-24(36)33-25-32-21(28)20(39-25)23-31-19(11-38-23)15-8-18(17(27)9-16(15)26)30-22(35)12-5-4-6-14(7-12)37-2/h4-9,11,13,34H,3,10,28H2,1-2H3,(H,30,35)(H2,29,32,33,36). The molecule has 6 N–H and O–H groups in total. The Hall–Kier alpha value is -4.14. The van der Waals surface area contributed by atoms with Crippen LogP contribution in [0, 0.1) is 11.6 Å². The number of aromatic nitrogens is 2.